The van der Waals surface area contributed by atoms with Crippen molar-refractivity contribution in [2.24, 2.45) is 0 Å². The van der Waals surface area contributed by atoms with Crippen LogP contribution in [0.1, 0.15) is 25.8 Å². The SMILES string of the molecule is CCCNC(=O)/C=C(\C)c1cc2c(-c3ccc(Cl)cc3Cl)coc2cc1OC. The molecule has 6 heteroatoms. The highest BCUT2D eigenvalue weighted by molar-refractivity contribution is 6.36. The van der Waals surface area contributed by atoms with Gasteiger partial charge in [-0.15, -0.1) is 0 Å². The molecule has 0 saturated heterocycles. The molecule has 1 aromatic heterocycles. The molecule has 0 aliphatic rings. The van der Waals surface area contributed by atoms with Crippen LogP contribution in [0, 0.1) is 0 Å². The normalized spacial score (nSPS) is 11.7. The summed E-state index contributed by atoms with van der Waals surface area (Å²) >= 11 is 12.4. The summed E-state index contributed by atoms with van der Waals surface area (Å²) in [4.78, 5) is 12.1. The van der Waals surface area contributed by atoms with Gasteiger partial charge in [0.25, 0.3) is 0 Å². The van der Waals surface area contributed by atoms with Crippen LogP contribution in [0.25, 0.3) is 27.7 Å². The molecule has 0 aliphatic heterocycles. The number of furan rings is 1. The molecule has 0 spiro atoms. The van der Waals surface area contributed by atoms with E-state index in [4.69, 9.17) is 32.4 Å². The number of hydrogen-bond donors (Lipinski definition) is 1. The van der Waals surface area contributed by atoms with Crippen LogP contribution in [-0.4, -0.2) is 19.6 Å². The Morgan fingerprint density at radius 3 is 2.68 bits per heavy atom. The molecule has 2 aromatic carbocycles. The largest absolute Gasteiger partial charge is 0.496 e. The highest BCUT2D eigenvalue weighted by Crippen LogP contribution is 2.40. The maximum absolute atomic E-state index is 12.1. The Kier molecular flexibility index (Phi) is 6.32. The van der Waals surface area contributed by atoms with Crippen LogP contribution in [0.2, 0.25) is 10.0 Å². The Labute approximate surface area is 174 Å². The van der Waals surface area contributed by atoms with E-state index in [1.807, 2.05) is 32.0 Å². The monoisotopic (exact) mass is 417 g/mol. The fraction of sp³-hybridized carbons (Fsp3) is 0.227. The fourth-order valence-corrected chi connectivity index (χ4v) is 3.53. The second-order valence-electron chi connectivity index (χ2n) is 6.44. The Balaban J connectivity index is 2.11. The summed E-state index contributed by atoms with van der Waals surface area (Å²) in [7, 11) is 1.59. The second kappa shape index (κ2) is 8.72. The molecule has 3 aromatic rings. The van der Waals surface area contributed by atoms with Crippen molar-refractivity contribution in [1.82, 2.24) is 5.32 Å². The van der Waals surface area contributed by atoms with Gasteiger partial charge in [0.1, 0.15) is 11.3 Å². The number of carbonyl (C=O) groups is 1. The minimum atomic E-state index is -0.130. The van der Waals surface area contributed by atoms with E-state index < -0.39 is 0 Å². The minimum Gasteiger partial charge on any atom is -0.496 e. The first-order chi connectivity index (χ1) is 13.4. The first kappa shape index (κ1) is 20.3. The molecule has 0 aliphatic carbocycles. The molecule has 4 nitrogen and oxygen atoms in total. The highest BCUT2D eigenvalue weighted by Gasteiger charge is 2.16. The van der Waals surface area contributed by atoms with Gasteiger partial charge in [-0.05, 0) is 37.1 Å². The van der Waals surface area contributed by atoms with Crippen molar-refractivity contribution in [3.05, 3.63) is 58.3 Å². The second-order valence-corrected chi connectivity index (χ2v) is 7.28. The number of rotatable bonds is 6. The van der Waals surface area contributed by atoms with Gasteiger partial charge in [-0.3, -0.25) is 4.79 Å². The number of halogens is 2. The van der Waals surface area contributed by atoms with E-state index in [9.17, 15) is 4.79 Å². The third kappa shape index (κ3) is 4.18. The van der Waals surface area contributed by atoms with Crippen LogP contribution in [0.15, 0.2) is 47.1 Å². The van der Waals surface area contributed by atoms with Crippen LogP contribution in [-0.2, 0) is 4.79 Å². The molecule has 0 atom stereocenters. The van der Waals surface area contributed by atoms with Crippen molar-refractivity contribution in [2.75, 3.05) is 13.7 Å². The lowest BCUT2D eigenvalue weighted by Gasteiger charge is -2.10. The van der Waals surface area contributed by atoms with E-state index in [2.05, 4.69) is 5.32 Å². The Morgan fingerprint density at radius 2 is 2.00 bits per heavy atom. The van der Waals surface area contributed by atoms with Gasteiger partial charge in [0.2, 0.25) is 5.91 Å². The number of fused-ring (bicyclic) bond motifs is 1. The number of amides is 1. The first-order valence-electron chi connectivity index (χ1n) is 8.95. The van der Waals surface area contributed by atoms with Crippen LogP contribution >= 0.6 is 23.2 Å². The van der Waals surface area contributed by atoms with Crippen LogP contribution < -0.4 is 10.1 Å². The van der Waals surface area contributed by atoms with Crippen molar-refractivity contribution in [2.45, 2.75) is 20.3 Å². The molecule has 3 rings (SSSR count). The molecule has 1 amide bonds. The van der Waals surface area contributed by atoms with E-state index in [-0.39, 0.29) is 5.91 Å². The molecule has 0 radical (unpaired) electrons. The molecule has 0 unspecified atom stereocenters. The molecule has 0 saturated carbocycles. The standard InChI is InChI=1S/C22H21Cl2NO3/c1-4-7-25-22(26)8-13(2)16-10-17-18(12-28-21(17)11-20(16)27-3)15-6-5-14(23)9-19(15)24/h5-6,8-12H,4,7H2,1-3H3,(H,25,26)/b13-8+. The summed E-state index contributed by atoms with van der Waals surface area (Å²) in [6.45, 7) is 4.53. The van der Waals surface area contributed by atoms with E-state index in [0.29, 0.717) is 27.9 Å². The summed E-state index contributed by atoms with van der Waals surface area (Å²) in [5, 5.41) is 4.84. The molecule has 0 fully saturated rings. The van der Waals surface area contributed by atoms with E-state index in [0.717, 1.165) is 34.1 Å². The number of allylic oxidation sites excluding steroid dienone is 1. The van der Waals surface area contributed by atoms with Gasteiger partial charge in [-0.1, -0.05) is 36.2 Å². The van der Waals surface area contributed by atoms with Gasteiger partial charge in [-0.25, -0.2) is 0 Å². The Hall–Kier alpha value is -2.43. The summed E-state index contributed by atoms with van der Waals surface area (Å²) < 4.78 is 11.2. The third-order valence-corrected chi connectivity index (χ3v) is 4.99. The van der Waals surface area contributed by atoms with Gasteiger partial charge in [0.05, 0.1) is 18.4 Å². The van der Waals surface area contributed by atoms with Gasteiger partial charge < -0.3 is 14.5 Å². The minimum absolute atomic E-state index is 0.130. The van der Waals surface area contributed by atoms with E-state index in [1.54, 1.807) is 31.6 Å². The fourth-order valence-electron chi connectivity index (χ4n) is 3.02. The number of carbonyl (C=O) groups excluding carboxylic acids is 1. The van der Waals surface area contributed by atoms with Crippen LogP contribution in [0.4, 0.5) is 0 Å². The quantitative estimate of drug-likeness (QED) is 0.475. The first-order valence-corrected chi connectivity index (χ1v) is 9.71. The van der Waals surface area contributed by atoms with E-state index in [1.165, 1.54) is 0 Å². The number of hydrogen-bond acceptors (Lipinski definition) is 3. The van der Waals surface area contributed by atoms with Gasteiger partial charge >= 0.3 is 0 Å². The lowest BCUT2D eigenvalue weighted by Crippen LogP contribution is -2.21. The summed E-state index contributed by atoms with van der Waals surface area (Å²) in [6.07, 6.45) is 4.12. The van der Waals surface area contributed by atoms with Crippen molar-refractivity contribution in [3.8, 4) is 16.9 Å². The van der Waals surface area contributed by atoms with Gasteiger partial charge in [0.15, 0.2) is 0 Å². The lowest BCUT2D eigenvalue weighted by molar-refractivity contribution is -0.116. The van der Waals surface area contributed by atoms with E-state index >= 15 is 0 Å². The molecule has 28 heavy (non-hydrogen) atoms. The zero-order valence-electron chi connectivity index (χ0n) is 15.9. The van der Waals surface area contributed by atoms with Crippen molar-refractivity contribution in [3.63, 3.8) is 0 Å². The van der Waals surface area contributed by atoms with Crippen molar-refractivity contribution in [1.29, 1.82) is 0 Å². The smallest absolute Gasteiger partial charge is 0.244 e. The number of benzene rings is 2. The lowest BCUT2D eigenvalue weighted by atomic mass is 9.99. The summed E-state index contributed by atoms with van der Waals surface area (Å²) in [6, 6.07) is 9.12. The van der Waals surface area contributed by atoms with Crippen LogP contribution in [0.5, 0.6) is 5.75 Å². The predicted molar refractivity (Wildman–Crippen MR) is 115 cm³/mol. The predicted octanol–water partition coefficient (Wildman–Crippen LogP) is 6.34. The Morgan fingerprint density at radius 1 is 1.21 bits per heavy atom. The maximum Gasteiger partial charge on any atom is 0.244 e. The highest BCUT2D eigenvalue weighted by atomic mass is 35.5. The molecular weight excluding hydrogens is 397 g/mol. The number of nitrogens with one attached hydrogen (secondary N) is 1. The average Bonchev–Trinajstić information content (AvgIpc) is 3.08. The van der Waals surface area contributed by atoms with Gasteiger partial charge in [0, 0.05) is 45.8 Å². The topological polar surface area (TPSA) is 51.5 Å². The maximum atomic E-state index is 12.1. The number of ether oxygens (including phenoxy) is 1. The Bertz CT molecular complexity index is 1050. The zero-order valence-corrected chi connectivity index (χ0v) is 17.4. The molecule has 0 bridgehead atoms. The molecule has 1 N–H and O–H groups in total. The third-order valence-electron chi connectivity index (χ3n) is 4.44. The average molecular weight is 418 g/mol. The summed E-state index contributed by atoms with van der Waals surface area (Å²) in [5.74, 6) is 0.502. The molecular formula is C22H21Cl2NO3. The van der Waals surface area contributed by atoms with Crippen LogP contribution in [0.3, 0.4) is 0 Å². The van der Waals surface area contributed by atoms with Crippen molar-refractivity contribution >= 4 is 45.7 Å². The number of methoxy groups -OCH3 is 1. The summed E-state index contributed by atoms with van der Waals surface area (Å²) in [5.41, 5.74) is 3.95. The van der Waals surface area contributed by atoms with Crippen molar-refractivity contribution < 1.29 is 13.9 Å². The zero-order chi connectivity index (χ0) is 20.3. The van der Waals surface area contributed by atoms with Gasteiger partial charge in [-0.2, -0.15) is 0 Å². The molecule has 1 heterocycles. The molecule has 146 valence electrons.